The molecule has 0 amide bonds. The zero-order valence-electron chi connectivity index (χ0n) is 21.8. The average Bonchev–Trinajstić information content (AvgIpc) is 2.76. The number of hydrogen-bond acceptors (Lipinski definition) is 5. The number of allylic oxidation sites excluding steroid dienone is 4. The Labute approximate surface area is 207 Å². The van der Waals surface area contributed by atoms with Gasteiger partial charge in [0.05, 0.1) is 11.7 Å². The molecular formula is C29H40O6. The number of carbonyl (C=O) groups excluding carboxylic acids is 1. The molecule has 3 fully saturated rings. The van der Waals surface area contributed by atoms with E-state index in [9.17, 15) is 30.0 Å². The zero-order chi connectivity index (χ0) is 25.9. The van der Waals surface area contributed by atoms with Crippen LogP contribution in [0.4, 0.5) is 0 Å². The van der Waals surface area contributed by atoms with Crippen LogP contribution in [0.5, 0.6) is 0 Å². The van der Waals surface area contributed by atoms with Gasteiger partial charge < -0.3 is 20.4 Å². The van der Waals surface area contributed by atoms with E-state index in [-0.39, 0.29) is 40.6 Å². The first-order valence-corrected chi connectivity index (χ1v) is 13.1. The molecule has 6 nitrogen and oxygen atoms in total. The minimum atomic E-state index is -1.40. The molecule has 0 radical (unpaired) electrons. The van der Waals surface area contributed by atoms with Crippen molar-refractivity contribution in [3.05, 3.63) is 34.6 Å². The fourth-order valence-corrected chi connectivity index (χ4v) is 9.50. The van der Waals surface area contributed by atoms with Gasteiger partial charge in [0.2, 0.25) is 5.78 Å². The van der Waals surface area contributed by atoms with Gasteiger partial charge in [0.1, 0.15) is 5.41 Å². The third kappa shape index (κ3) is 2.68. The van der Waals surface area contributed by atoms with Gasteiger partial charge in [-0.25, -0.2) is 0 Å². The van der Waals surface area contributed by atoms with Gasteiger partial charge in [0, 0.05) is 16.9 Å². The highest BCUT2D eigenvalue weighted by Gasteiger charge is 2.72. The number of hydrogen-bond donors (Lipinski definition) is 4. The van der Waals surface area contributed by atoms with E-state index in [2.05, 4.69) is 26.8 Å². The number of aliphatic hydroxyl groups excluding tert-OH is 2. The maximum atomic E-state index is 12.8. The summed E-state index contributed by atoms with van der Waals surface area (Å²) < 4.78 is 0. The molecule has 9 atom stereocenters. The Morgan fingerprint density at radius 1 is 1.11 bits per heavy atom. The van der Waals surface area contributed by atoms with Gasteiger partial charge in [0.15, 0.2) is 5.76 Å². The number of carboxylic acid groups (broad SMARTS) is 1. The predicted molar refractivity (Wildman–Crippen MR) is 131 cm³/mol. The smallest absolute Gasteiger partial charge is 0.313 e. The number of carbonyl (C=O) groups is 2. The summed E-state index contributed by atoms with van der Waals surface area (Å²) in [6.45, 7) is 12.1. The van der Waals surface area contributed by atoms with Crippen LogP contribution < -0.4 is 0 Å². The molecule has 0 heterocycles. The molecule has 0 aromatic heterocycles. The highest BCUT2D eigenvalue weighted by atomic mass is 16.4. The number of aliphatic hydroxyl groups is 3. The lowest BCUT2D eigenvalue weighted by Crippen LogP contribution is -2.69. The Kier molecular flexibility index (Phi) is 5.02. The van der Waals surface area contributed by atoms with Crippen molar-refractivity contribution in [2.75, 3.05) is 0 Å². The second kappa shape index (κ2) is 7.10. The van der Waals surface area contributed by atoms with Crippen LogP contribution in [0, 0.1) is 39.4 Å². The quantitative estimate of drug-likeness (QED) is 0.401. The maximum Gasteiger partial charge on any atom is 0.313 e. The molecule has 0 aromatic carbocycles. The van der Waals surface area contributed by atoms with Crippen molar-refractivity contribution in [3.8, 4) is 0 Å². The van der Waals surface area contributed by atoms with Gasteiger partial charge in [-0.3, -0.25) is 9.59 Å². The number of Topliss-reactive ketones (excluding diaryl/α,β-unsaturated/α-hetero) is 1. The molecule has 5 aliphatic carbocycles. The van der Waals surface area contributed by atoms with Crippen LogP contribution >= 0.6 is 0 Å². The van der Waals surface area contributed by atoms with Crippen LogP contribution in [0.25, 0.3) is 0 Å². The molecule has 35 heavy (non-hydrogen) atoms. The standard InChI is InChI=1S/C29H40O6/c1-15-13-21(31)29(24(33)34)12-11-26(4)18(23(29)28(15,6)35)7-8-20-25(3)14-19(30)22(32)16(2)17(25)9-10-27(20,26)5/h7,14-15,20-21,23,30-31,35H,8-13H2,1-6H3,(H,33,34)/t15-,20-,21+,23-,25+,26-,27-,28-,29-/m1/s1. The van der Waals surface area contributed by atoms with E-state index in [4.69, 9.17) is 0 Å². The average molecular weight is 485 g/mol. The van der Waals surface area contributed by atoms with Crippen LogP contribution in [-0.4, -0.2) is 43.9 Å². The highest BCUT2D eigenvalue weighted by molar-refractivity contribution is 6.08. The summed E-state index contributed by atoms with van der Waals surface area (Å²) in [5, 5.41) is 44.0. The lowest BCUT2D eigenvalue weighted by Gasteiger charge is -2.69. The van der Waals surface area contributed by atoms with Crippen molar-refractivity contribution >= 4 is 11.8 Å². The van der Waals surface area contributed by atoms with Crippen LogP contribution in [0.15, 0.2) is 34.6 Å². The topological polar surface area (TPSA) is 115 Å². The van der Waals surface area contributed by atoms with Gasteiger partial charge in [0.25, 0.3) is 0 Å². The lowest BCUT2D eigenvalue weighted by atomic mass is 9.35. The van der Waals surface area contributed by atoms with Crippen molar-refractivity contribution in [1.82, 2.24) is 0 Å². The molecule has 0 unspecified atom stereocenters. The first kappa shape index (κ1) is 24.8. The van der Waals surface area contributed by atoms with E-state index in [1.165, 1.54) is 0 Å². The molecule has 0 bridgehead atoms. The van der Waals surface area contributed by atoms with Crippen molar-refractivity contribution in [1.29, 1.82) is 0 Å². The normalized spacial score (nSPS) is 51.4. The minimum Gasteiger partial charge on any atom is -0.504 e. The van der Waals surface area contributed by atoms with Gasteiger partial charge in [-0.05, 0) is 81.1 Å². The molecule has 4 N–H and O–H groups in total. The van der Waals surface area contributed by atoms with Crippen LogP contribution in [0.1, 0.15) is 80.1 Å². The predicted octanol–water partition coefficient (Wildman–Crippen LogP) is 4.72. The molecule has 192 valence electrons. The van der Waals surface area contributed by atoms with E-state index in [1.807, 2.05) is 13.8 Å². The summed E-state index contributed by atoms with van der Waals surface area (Å²) in [5.74, 6) is -2.29. The van der Waals surface area contributed by atoms with E-state index in [1.54, 1.807) is 13.0 Å². The zero-order valence-corrected chi connectivity index (χ0v) is 21.8. The number of aliphatic carboxylic acids is 1. The molecule has 6 heteroatoms. The van der Waals surface area contributed by atoms with Gasteiger partial charge >= 0.3 is 5.97 Å². The summed E-state index contributed by atoms with van der Waals surface area (Å²) in [4.78, 5) is 25.4. The largest absolute Gasteiger partial charge is 0.504 e. The third-order valence-electron chi connectivity index (χ3n) is 12.0. The van der Waals surface area contributed by atoms with E-state index in [0.29, 0.717) is 24.8 Å². The molecule has 3 saturated carbocycles. The van der Waals surface area contributed by atoms with E-state index >= 15 is 0 Å². The third-order valence-corrected chi connectivity index (χ3v) is 12.0. The summed E-state index contributed by atoms with van der Waals surface area (Å²) in [6.07, 6.45) is 6.35. The van der Waals surface area contributed by atoms with Crippen LogP contribution in [0.3, 0.4) is 0 Å². The number of fused-ring (bicyclic) bond motifs is 7. The summed E-state index contributed by atoms with van der Waals surface area (Å²) in [7, 11) is 0. The maximum absolute atomic E-state index is 12.8. The Balaban J connectivity index is 1.71. The summed E-state index contributed by atoms with van der Waals surface area (Å²) in [5.41, 5.74) is -1.02. The monoisotopic (exact) mass is 484 g/mol. The van der Waals surface area contributed by atoms with Gasteiger partial charge in [-0.1, -0.05) is 44.9 Å². The SMILES string of the molecule is CC1=C2CC[C@]3(C)[C@H](CC=C4[C@@H]5[C@](C)(O)[C@H](C)C[C@H](O)[C@]5(C(=O)O)CC[C@]43C)[C@@]2(C)C=C(O)C1=O. The van der Waals surface area contributed by atoms with Gasteiger partial charge in [-0.2, -0.15) is 0 Å². The van der Waals surface area contributed by atoms with Crippen molar-refractivity contribution in [2.45, 2.75) is 91.8 Å². The second-order valence-corrected chi connectivity index (χ2v) is 13.1. The van der Waals surface area contributed by atoms with Crippen LogP contribution in [0.2, 0.25) is 0 Å². The molecule has 5 rings (SSSR count). The number of rotatable bonds is 1. The molecular weight excluding hydrogens is 444 g/mol. The summed E-state index contributed by atoms with van der Waals surface area (Å²) >= 11 is 0. The summed E-state index contributed by atoms with van der Waals surface area (Å²) in [6, 6.07) is 0. The van der Waals surface area contributed by atoms with Crippen LogP contribution in [-0.2, 0) is 9.59 Å². The molecule has 0 saturated heterocycles. The van der Waals surface area contributed by atoms with E-state index < -0.39 is 34.4 Å². The van der Waals surface area contributed by atoms with E-state index in [0.717, 1.165) is 24.0 Å². The molecule has 0 aromatic rings. The van der Waals surface area contributed by atoms with Crippen molar-refractivity contribution in [2.24, 2.45) is 39.4 Å². The second-order valence-electron chi connectivity index (χ2n) is 13.1. The number of carboxylic acids is 1. The molecule has 5 aliphatic rings. The Bertz CT molecular complexity index is 1110. The Morgan fingerprint density at radius 2 is 1.77 bits per heavy atom. The first-order chi connectivity index (χ1) is 16.1. The Morgan fingerprint density at radius 3 is 2.40 bits per heavy atom. The van der Waals surface area contributed by atoms with Gasteiger partial charge in [-0.15, -0.1) is 0 Å². The fraction of sp³-hybridized carbons (Fsp3) is 0.724. The molecule has 0 spiro atoms. The highest BCUT2D eigenvalue weighted by Crippen LogP contribution is 2.74. The first-order valence-electron chi connectivity index (χ1n) is 13.1. The Hall–Kier alpha value is -1.92. The fourth-order valence-electron chi connectivity index (χ4n) is 9.50. The minimum absolute atomic E-state index is 0.117. The number of ketones is 1. The lowest BCUT2D eigenvalue weighted by molar-refractivity contribution is -0.219. The van der Waals surface area contributed by atoms with Crippen molar-refractivity contribution < 1.29 is 30.0 Å². The molecule has 0 aliphatic heterocycles. The van der Waals surface area contributed by atoms with Crippen molar-refractivity contribution in [3.63, 3.8) is 0 Å².